The van der Waals surface area contributed by atoms with Crippen molar-refractivity contribution in [1.82, 2.24) is 10.3 Å². The van der Waals surface area contributed by atoms with Crippen LogP contribution in [-0.4, -0.2) is 18.1 Å². The second-order valence-corrected chi connectivity index (χ2v) is 5.18. The van der Waals surface area contributed by atoms with E-state index >= 15 is 0 Å². The van der Waals surface area contributed by atoms with Crippen molar-refractivity contribution in [2.24, 2.45) is 0 Å². The molecule has 0 saturated carbocycles. The number of aromatic nitrogens is 1. The van der Waals surface area contributed by atoms with Gasteiger partial charge < -0.3 is 9.73 Å². The van der Waals surface area contributed by atoms with Crippen LogP contribution in [0.5, 0.6) is 0 Å². The second-order valence-electron chi connectivity index (χ2n) is 4.27. The highest BCUT2D eigenvalue weighted by atomic mass is 79.9. The third-order valence-electron chi connectivity index (χ3n) is 3.06. The molecule has 3 nitrogen and oxygen atoms in total. The van der Waals surface area contributed by atoms with Gasteiger partial charge in [-0.1, -0.05) is 22.0 Å². The molecule has 1 saturated heterocycles. The minimum atomic E-state index is 0.475. The standard InChI is InChI=1S/C13H13BrN2O/c14-11-3-1-2-9(6-11)13-16-8-12(17-13)10-4-5-15-7-10/h1-3,6,8,10,15H,4-5,7H2. The van der Waals surface area contributed by atoms with Crippen LogP contribution < -0.4 is 5.32 Å². The Morgan fingerprint density at radius 2 is 2.35 bits per heavy atom. The monoisotopic (exact) mass is 292 g/mol. The van der Waals surface area contributed by atoms with E-state index in [4.69, 9.17) is 4.42 Å². The van der Waals surface area contributed by atoms with Gasteiger partial charge in [-0.3, -0.25) is 0 Å². The van der Waals surface area contributed by atoms with E-state index in [1.165, 1.54) is 0 Å². The van der Waals surface area contributed by atoms with Crippen molar-refractivity contribution >= 4 is 15.9 Å². The van der Waals surface area contributed by atoms with Gasteiger partial charge >= 0.3 is 0 Å². The lowest BCUT2D eigenvalue weighted by Crippen LogP contribution is -2.07. The molecule has 2 heterocycles. The van der Waals surface area contributed by atoms with Gasteiger partial charge in [0, 0.05) is 22.5 Å². The fraction of sp³-hybridized carbons (Fsp3) is 0.308. The Kier molecular flexibility index (Phi) is 2.99. The zero-order chi connectivity index (χ0) is 11.7. The SMILES string of the molecule is Brc1cccc(-c2ncc(C3CCNC3)o2)c1. The first-order valence-corrected chi connectivity index (χ1v) is 6.54. The average molecular weight is 293 g/mol. The third-order valence-corrected chi connectivity index (χ3v) is 3.55. The summed E-state index contributed by atoms with van der Waals surface area (Å²) < 4.78 is 6.88. The minimum absolute atomic E-state index is 0.475. The molecule has 1 unspecified atom stereocenters. The molecule has 0 aliphatic carbocycles. The topological polar surface area (TPSA) is 38.1 Å². The molecule has 1 atom stereocenters. The summed E-state index contributed by atoms with van der Waals surface area (Å²) >= 11 is 3.45. The fourth-order valence-electron chi connectivity index (χ4n) is 2.13. The number of nitrogens with one attached hydrogen (secondary N) is 1. The number of halogens is 1. The van der Waals surface area contributed by atoms with Crippen molar-refractivity contribution < 1.29 is 4.42 Å². The number of benzene rings is 1. The van der Waals surface area contributed by atoms with Gasteiger partial charge in [-0.25, -0.2) is 4.98 Å². The molecular weight excluding hydrogens is 280 g/mol. The number of rotatable bonds is 2. The maximum absolute atomic E-state index is 5.84. The molecule has 2 aromatic rings. The molecule has 1 aliphatic rings. The molecule has 1 aromatic heterocycles. The largest absolute Gasteiger partial charge is 0.441 e. The van der Waals surface area contributed by atoms with Crippen molar-refractivity contribution in [2.75, 3.05) is 13.1 Å². The molecular formula is C13H13BrN2O. The summed E-state index contributed by atoms with van der Waals surface area (Å²) in [6.45, 7) is 2.06. The molecule has 3 rings (SSSR count). The van der Waals surface area contributed by atoms with Crippen molar-refractivity contribution in [2.45, 2.75) is 12.3 Å². The van der Waals surface area contributed by atoms with Gasteiger partial charge in [0.05, 0.1) is 6.20 Å². The molecule has 0 radical (unpaired) electrons. The normalized spacial score (nSPS) is 19.7. The molecule has 0 bridgehead atoms. The highest BCUT2D eigenvalue weighted by Gasteiger charge is 2.20. The maximum Gasteiger partial charge on any atom is 0.226 e. The first kappa shape index (κ1) is 11.0. The minimum Gasteiger partial charge on any atom is -0.441 e. The average Bonchev–Trinajstić information content (AvgIpc) is 3.00. The van der Waals surface area contributed by atoms with E-state index in [-0.39, 0.29) is 0 Å². The van der Waals surface area contributed by atoms with Crippen LogP contribution in [0.2, 0.25) is 0 Å². The molecule has 1 aliphatic heterocycles. The van der Waals surface area contributed by atoms with Crippen molar-refractivity contribution in [3.8, 4) is 11.5 Å². The molecule has 1 N–H and O–H groups in total. The maximum atomic E-state index is 5.84. The van der Waals surface area contributed by atoms with Gasteiger partial charge in [0.15, 0.2) is 0 Å². The molecule has 4 heteroatoms. The van der Waals surface area contributed by atoms with Gasteiger partial charge in [-0.15, -0.1) is 0 Å². The molecule has 17 heavy (non-hydrogen) atoms. The Bertz CT molecular complexity index is 518. The molecule has 1 aromatic carbocycles. The van der Waals surface area contributed by atoms with Crippen LogP contribution in [0.4, 0.5) is 0 Å². The molecule has 1 fully saturated rings. The van der Waals surface area contributed by atoms with Gasteiger partial charge in [0.2, 0.25) is 5.89 Å². The highest BCUT2D eigenvalue weighted by molar-refractivity contribution is 9.10. The summed E-state index contributed by atoms with van der Waals surface area (Å²) in [6.07, 6.45) is 2.99. The second kappa shape index (κ2) is 4.63. The van der Waals surface area contributed by atoms with E-state index in [1.807, 2.05) is 30.5 Å². The predicted octanol–water partition coefficient (Wildman–Crippen LogP) is 3.18. The third kappa shape index (κ3) is 2.28. The fourth-order valence-corrected chi connectivity index (χ4v) is 2.53. The van der Waals surface area contributed by atoms with E-state index in [0.29, 0.717) is 11.8 Å². The van der Waals surface area contributed by atoms with E-state index in [2.05, 4.69) is 26.2 Å². The summed E-state index contributed by atoms with van der Waals surface area (Å²) in [7, 11) is 0. The zero-order valence-corrected chi connectivity index (χ0v) is 10.9. The quantitative estimate of drug-likeness (QED) is 0.924. The molecule has 88 valence electrons. The van der Waals surface area contributed by atoms with Gasteiger partial charge in [0.1, 0.15) is 5.76 Å². The first-order chi connectivity index (χ1) is 8.33. The van der Waals surface area contributed by atoms with E-state index in [9.17, 15) is 0 Å². The summed E-state index contributed by atoms with van der Waals surface area (Å²) in [6, 6.07) is 8.00. The lowest BCUT2D eigenvalue weighted by molar-refractivity contribution is 0.481. The summed E-state index contributed by atoms with van der Waals surface area (Å²) in [5.41, 5.74) is 1.01. The van der Waals surface area contributed by atoms with Crippen LogP contribution in [-0.2, 0) is 0 Å². The van der Waals surface area contributed by atoms with Gasteiger partial charge in [-0.2, -0.15) is 0 Å². The predicted molar refractivity (Wildman–Crippen MR) is 69.9 cm³/mol. The number of oxazole rings is 1. The lowest BCUT2D eigenvalue weighted by atomic mass is 10.1. The number of nitrogens with zero attached hydrogens (tertiary/aromatic N) is 1. The number of hydrogen-bond donors (Lipinski definition) is 1. The Morgan fingerprint density at radius 1 is 1.41 bits per heavy atom. The first-order valence-electron chi connectivity index (χ1n) is 5.75. The summed E-state index contributed by atoms with van der Waals surface area (Å²) in [5, 5.41) is 3.33. The van der Waals surface area contributed by atoms with Gasteiger partial charge in [0.25, 0.3) is 0 Å². The summed E-state index contributed by atoms with van der Waals surface area (Å²) in [4.78, 5) is 4.36. The van der Waals surface area contributed by atoms with Crippen LogP contribution in [0, 0.1) is 0 Å². The Hall–Kier alpha value is -1.13. The van der Waals surface area contributed by atoms with Crippen LogP contribution >= 0.6 is 15.9 Å². The molecule has 0 amide bonds. The van der Waals surface area contributed by atoms with Crippen molar-refractivity contribution in [3.63, 3.8) is 0 Å². The van der Waals surface area contributed by atoms with Crippen LogP contribution in [0.15, 0.2) is 39.4 Å². The lowest BCUT2D eigenvalue weighted by Gasteiger charge is -2.02. The Labute approximate surface area is 108 Å². The zero-order valence-electron chi connectivity index (χ0n) is 9.32. The molecule has 0 spiro atoms. The van der Waals surface area contributed by atoms with Crippen molar-refractivity contribution in [3.05, 3.63) is 40.7 Å². The van der Waals surface area contributed by atoms with E-state index in [0.717, 1.165) is 35.3 Å². The van der Waals surface area contributed by atoms with Crippen LogP contribution in [0.1, 0.15) is 18.1 Å². The van der Waals surface area contributed by atoms with Crippen LogP contribution in [0.3, 0.4) is 0 Å². The van der Waals surface area contributed by atoms with Crippen molar-refractivity contribution in [1.29, 1.82) is 0 Å². The number of hydrogen-bond acceptors (Lipinski definition) is 3. The van der Waals surface area contributed by atoms with E-state index in [1.54, 1.807) is 0 Å². The van der Waals surface area contributed by atoms with E-state index < -0.39 is 0 Å². The smallest absolute Gasteiger partial charge is 0.226 e. The van der Waals surface area contributed by atoms with Gasteiger partial charge in [-0.05, 0) is 31.2 Å². The Morgan fingerprint density at radius 3 is 3.12 bits per heavy atom. The summed E-state index contributed by atoms with van der Waals surface area (Å²) in [5.74, 6) is 2.17. The highest BCUT2D eigenvalue weighted by Crippen LogP contribution is 2.28. The Balaban J connectivity index is 1.89. The van der Waals surface area contributed by atoms with Crippen LogP contribution in [0.25, 0.3) is 11.5 Å².